The number of aromatic nitrogens is 2. The van der Waals surface area contributed by atoms with Crippen LogP contribution in [-0.2, 0) is 0 Å². The van der Waals surface area contributed by atoms with Crippen LogP contribution in [0.1, 0.15) is 16.2 Å². The maximum atomic E-state index is 13.1. The predicted octanol–water partition coefficient (Wildman–Crippen LogP) is 3.26. The van der Waals surface area contributed by atoms with Gasteiger partial charge in [0.2, 0.25) is 0 Å². The minimum absolute atomic E-state index is 0.287. The Balaban J connectivity index is 1.88. The van der Waals surface area contributed by atoms with Gasteiger partial charge >= 0.3 is 0 Å². The van der Waals surface area contributed by atoms with Crippen LogP contribution in [0.2, 0.25) is 0 Å². The molecular formula is C15H12FN3O. The fourth-order valence-corrected chi connectivity index (χ4v) is 2.05. The van der Waals surface area contributed by atoms with Crippen molar-refractivity contribution in [3.8, 4) is 0 Å². The van der Waals surface area contributed by atoms with Crippen LogP contribution in [0.5, 0.6) is 0 Å². The number of H-pyrrole nitrogens is 1. The van der Waals surface area contributed by atoms with E-state index in [9.17, 15) is 9.18 Å². The Hall–Kier alpha value is -2.69. The van der Waals surface area contributed by atoms with E-state index in [2.05, 4.69) is 15.3 Å². The van der Waals surface area contributed by atoms with Crippen LogP contribution in [-0.4, -0.2) is 15.9 Å². The molecule has 3 rings (SSSR count). The van der Waals surface area contributed by atoms with E-state index in [4.69, 9.17) is 0 Å². The van der Waals surface area contributed by atoms with Gasteiger partial charge in [-0.25, -0.2) is 9.37 Å². The topological polar surface area (TPSA) is 57.8 Å². The molecule has 0 saturated heterocycles. The highest BCUT2D eigenvalue weighted by Crippen LogP contribution is 2.16. The van der Waals surface area contributed by atoms with Gasteiger partial charge in [-0.05, 0) is 43.3 Å². The molecule has 0 spiro atoms. The van der Waals surface area contributed by atoms with Gasteiger partial charge in [0, 0.05) is 11.3 Å². The minimum Gasteiger partial charge on any atom is -0.342 e. The number of rotatable bonds is 2. The first-order chi connectivity index (χ1) is 9.61. The van der Waals surface area contributed by atoms with Gasteiger partial charge in [0.25, 0.3) is 5.91 Å². The Bertz CT molecular complexity index is 795. The molecule has 1 amide bonds. The van der Waals surface area contributed by atoms with Crippen molar-refractivity contribution in [1.29, 1.82) is 0 Å². The molecule has 5 heteroatoms. The minimum atomic E-state index is -0.387. The fraction of sp³-hybridized carbons (Fsp3) is 0.0667. The second-order valence-electron chi connectivity index (χ2n) is 4.52. The smallest absolute Gasteiger partial charge is 0.255 e. The van der Waals surface area contributed by atoms with Crippen molar-refractivity contribution in [2.45, 2.75) is 6.92 Å². The second-order valence-corrected chi connectivity index (χ2v) is 4.52. The normalized spacial score (nSPS) is 10.7. The number of hydrogen-bond acceptors (Lipinski definition) is 2. The van der Waals surface area contributed by atoms with E-state index < -0.39 is 0 Å². The summed E-state index contributed by atoms with van der Waals surface area (Å²) in [6.45, 7) is 1.85. The first-order valence-electron chi connectivity index (χ1n) is 6.15. The van der Waals surface area contributed by atoms with Crippen LogP contribution in [0, 0.1) is 12.7 Å². The van der Waals surface area contributed by atoms with Gasteiger partial charge in [0.05, 0.1) is 11.0 Å². The number of benzene rings is 2. The molecule has 2 N–H and O–H groups in total. The summed E-state index contributed by atoms with van der Waals surface area (Å²) in [4.78, 5) is 19.5. The molecule has 1 heterocycles. The zero-order chi connectivity index (χ0) is 14.1. The van der Waals surface area contributed by atoms with Gasteiger partial charge in [0.1, 0.15) is 11.6 Å². The van der Waals surface area contributed by atoms with Crippen LogP contribution < -0.4 is 5.32 Å². The number of fused-ring (bicyclic) bond motifs is 1. The van der Waals surface area contributed by atoms with Crippen molar-refractivity contribution in [3.63, 3.8) is 0 Å². The number of hydrogen-bond donors (Lipinski definition) is 2. The maximum Gasteiger partial charge on any atom is 0.255 e. The molecule has 2 aromatic carbocycles. The number of aryl methyl sites for hydroxylation is 1. The van der Waals surface area contributed by atoms with E-state index in [0.29, 0.717) is 11.3 Å². The molecule has 0 bridgehead atoms. The number of anilines is 1. The van der Waals surface area contributed by atoms with E-state index in [0.717, 1.165) is 16.9 Å². The van der Waals surface area contributed by atoms with Crippen molar-refractivity contribution in [2.75, 3.05) is 5.32 Å². The number of halogens is 1. The molecule has 0 fully saturated rings. The molecular weight excluding hydrogens is 257 g/mol. The van der Waals surface area contributed by atoms with E-state index in [1.165, 1.54) is 12.1 Å². The number of nitrogens with zero attached hydrogens (tertiary/aromatic N) is 1. The predicted molar refractivity (Wildman–Crippen MR) is 75.2 cm³/mol. The molecule has 0 aliphatic carbocycles. The Labute approximate surface area is 114 Å². The zero-order valence-corrected chi connectivity index (χ0v) is 10.8. The molecule has 0 radical (unpaired) electrons. The number of nitrogens with one attached hydrogen (secondary N) is 2. The van der Waals surface area contributed by atoms with Crippen molar-refractivity contribution in [1.82, 2.24) is 9.97 Å². The molecule has 3 aromatic rings. The first kappa shape index (κ1) is 12.3. The molecule has 0 unspecified atom stereocenters. The van der Waals surface area contributed by atoms with Crippen molar-refractivity contribution >= 4 is 22.6 Å². The van der Waals surface area contributed by atoms with E-state index in [1.807, 2.05) is 6.92 Å². The highest BCUT2D eigenvalue weighted by Gasteiger charge is 2.09. The third-order valence-corrected chi connectivity index (χ3v) is 2.94. The van der Waals surface area contributed by atoms with Crippen molar-refractivity contribution in [3.05, 3.63) is 59.7 Å². The van der Waals surface area contributed by atoms with E-state index >= 15 is 0 Å². The van der Waals surface area contributed by atoms with Gasteiger partial charge in [-0.2, -0.15) is 0 Å². The highest BCUT2D eigenvalue weighted by atomic mass is 19.1. The number of aromatic amines is 1. The summed E-state index contributed by atoms with van der Waals surface area (Å²) in [6, 6.07) is 11.0. The molecule has 0 atom stereocenters. The summed E-state index contributed by atoms with van der Waals surface area (Å²) < 4.78 is 13.1. The monoisotopic (exact) mass is 269 g/mol. The lowest BCUT2D eigenvalue weighted by molar-refractivity contribution is 0.102. The average molecular weight is 269 g/mol. The molecule has 0 saturated carbocycles. The van der Waals surface area contributed by atoms with Crippen LogP contribution in [0.25, 0.3) is 11.0 Å². The van der Waals surface area contributed by atoms with Crippen molar-refractivity contribution < 1.29 is 9.18 Å². The first-order valence-corrected chi connectivity index (χ1v) is 6.15. The Morgan fingerprint density at radius 2 is 2.10 bits per heavy atom. The second kappa shape index (κ2) is 4.77. The van der Waals surface area contributed by atoms with Crippen molar-refractivity contribution in [2.24, 2.45) is 0 Å². The Kier molecular flexibility index (Phi) is 2.95. The summed E-state index contributed by atoms with van der Waals surface area (Å²) in [7, 11) is 0. The molecule has 4 nitrogen and oxygen atoms in total. The van der Waals surface area contributed by atoms with Gasteiger partial charge in [0.15, 0.2) is 0 Å². The SMILES string of the molecule is Cc1nc2ccc(C(=O)Nc3cccc(F)c3)cc2[nH]1. The molecule has 20 heavy (non-hydrogen) atoms. The molecule has 1 aromatic heterocycles. The largest absolute Gasteiger partial charge is 0.342 e. The molecule has 0 aliphatic rings. The maximum absolute atomic E-state index is 13.1. The Morgan fingerprint density at radius 1 is 1.25 bits per heavy atom. The summed E-state index contributed by atoms with van der Waals surface area (Å²) in [5.41, 5.74) is 2.53. The Morgan fingerprint density at radius 3 is 2.90 bits per heavy atom. The van der Waals surface area contributed by atoms with Crippen LogP contribution in [0.4, 0.5) is 10.1 Å². The van der Waals surface area contributed by atoms with Gasteiger partial charge in [-0.3, -0.25) is 4.79 Å². The van der Waals surface area contributed by atoms with Gasteiger partial charge < -0.3 is 10.3 Å². The fourth-order valence-electron chi connectivity index (χ4n) is 2.05. The van der Waals surface area contributed by atoms with Crippen LogP contribution in [0.3, 0.4) is 0 Å². The lowest BCUT2D eigenvalue weighted by Crippen LogP contribution is -2.11. The lowest BCUT2D eigenvalue weighted by atomic mass is 10.2. The van der Waals surface area contributed by atoms with Gasteiger partial charge in [-0.15, -0.1) is 0 Å². The van der Waals surface area contributed by atoms with Crippen LogP contribution in [0.15, 0.2) is 42.5 Å². The number of carbonyl (C=O) groups is 1. The summed E-state index contributed by atoms with van der Waals surface area (Å²) in [5, 5.41) is 2.66. The summed E-state index contributed by atoms with van der Waals surface area (Å²) in [6.07, 6.45) is 0. The number of imidazole rings is 1. The van der Waals surface area contributed by atoms with E-state index in [-0.39, 0.29) is 11.7 Å². The summed E-state index contributed by atoms with van der Waals surface area (Å²) >= 11 is 0. The standard InChI is InChI=1S/C15H12FN3O/c1-9-17-13-6-5-10(7-14(13)18-9)15(20)19-12-4-2-3-11(16)8-12/h2-8H,1H3,(H,17,18)(H,19,20). The highest BCUT2D eigenvalue weighted by molar-refractivity contribution is 6.05. The van der Waals surface area contributed by atoms with E-state index in [1.54, 1.807) is 30.3 Å². The summed E-state index contributed by atoms with van der Waals surface area (Å²) in [5.74, 6) is 0.120. The average Bonchev–Trinajstić information content (AvgIpc) is 2.77. The third-order valence-electron chi connectivity index (χ3n) is 2.94. The lowest BCUT2D eigenvalue weighted by Gasteiger charge is -2.05. The van der Waals surface area contributed by atoms with Gasteiger partial charge in [-0.1, -0.05) is 6.07 Å². The number of carbonyl (C=O) groups excluding carboxylic acids is 1. The van der Waals surface area contributed by atoms with Crippen LogP contribution >= 0.6 is 0 Å². The number of amides is 1. The zero-order valence-electron chi connectivity index (χ0n) is 10.8. The molecule has 100 valence electrons. The molecule has 0 aliphatic heterocycles. The quantitative estimate of drug-likeness (QED) is 0.750. The third kappa shape index (κ3) is 2.38.